The van der Waals surface area contributed by atoms with E-state index in [1.54, 1.807) is 0 Å². The normalized spacial score (nSPS) is 26.9. The van der Waals surface area contributed by atoms with Gasteiger partial charge in [-0.05, 0) is 0 Å². The highest BCUT2D eigenvalue weighted by Crippen LogP contribution is 2.64. The number of anilines is 2. The van der Waals surface area contributed by atoms with Crippen LogP contribution in [-0.2, 0) is 31.8 Å². The molecule has 2 aliphatic rings. The molecule has 51 heavy (non-hydrogen) atoms. The maximum atomic E-state index is 10.4. The summed E-state index contributed by atoms with van der Waals surface area (Å²) in [7, 11) is -16.2. The van der Waals surface area contributed by atoms with E-state index < -0.39 is 85.8 Å². The molecule has 2 aliphatic heterocycles. The van der Waals surface area contributed by atoms with Crippen molar-refractivity contribution < 1.29 is 86.9 Å². The number of aliphatic hydroxyl groups is 6. The Morgan fingerprint density at radius 2 is 0.980 bits per heavy atom. The van der Waals surface area contributed by atoms with Gasteiger partial charge < -0.3 is 76.0 Å². The van der Waals surface area contributed by atoms with Crippen molar-refractivity contribution in [1.29, 1.82) is 0 Å². The predicted molar refractivity (Wildman–Crippen MR) is 162 cm³/mol. The molecule has 0 aliphatic carbocycles. The average Bonchev–Trinajstić information content (AvgIpc) is 3.77. The van der Waals surface area contributed by atoms with Gasteiger partial charge in [-0.25, -0.2) is 43.6 Å². The Hall–Kier alpha value is -3.21. The maximum Gasteiger partial charge on any atom is 0.490 e. The molecule has 4 aromatic rings. The quantitative estimate of drug-likeness (QED) is 0.0746. The molecule has 284 valence electrons. The minimum atomic E-state index is -5.46. The van der Waals surface area contributed by atoms with Crippen LogP contribution in [0.5, 0.6) is 0 Å². The fourth-order valence-electron chi connectivity index (χ4n) is 4.62. The molecule has 6 heterocycles. The fourth-order valence-corrected chi connectivity index (χ4v) is 7.15. The lowest BCUT2D eigenvalue weighted by atomic mass is 10.1. The molecule has 15 N–H and O–H groups in total. The van der Waals surface area contributed by atoms with Crippen LogP contribution < -0.4 is 11.5 Å². The summed E-state index contributed by atoms with van der Waals surface area (Å²) < 4.78 is 50.1. The molecule has 0 saturated carbocycles. The van der Waals surface area contributed by atoms with Crippen molar-refractivity contribution in [3.05, 3.63) is 25.3 Å². The standard InChI is InChI=1S/2C10H13N5O4.H5O10P3/c2*11-8-5-9(13-2-12-8)15(3-14-5)10-7(18)6(17)4(1-16)19-10;1-11(2,3)9-13(7,8)10-12(4,5)6/h2*2-4,6-7,10,16-18H,1H2,(H2,11,12,13);(H,7,8)(H2,1,2,3)(H2,4,5,6). The van der Waals surface area contributed by atoms with Gasteiger partial charge in [0.05, 0.1) is 25.9 Å². The summed E-state index contributed by atoms with van der Waals surface area (Å²) in [6.45, 7) is -0.781. The summed E-state index contributed by atoms with van der Waals surface area (Å²) in [5.74, 6) is 0.436. The van der Waals surface area contributed by atoms with Crippen LogP contribution in [0.1, 0.15) is 12.5 Å². The molecule has 8 unspecified atom stereocenters. The largest absolute Gasteiger partial charge is 0.490 e. The van der Waals surface area contributed by atoms with Crippen LogP contribution >= 0.6 is 23.5 Å². The van der Waals surface area contributed by atoms with Gasteiger partial charge in [-0.1, -0.05) is 0 Å². The van der Waals surface area contributed by atoms with E-state index in [1.807, 2.05) is 0 Å². The summed E-state index contributed by atoms with van der Waals surface area (Å²) in [6.07, 6.45) is -2.85. The zero-order chi connectivity index (χ0) is 38.1. The molecule has 2 saturated heterocycles. The van der Waals surface area contributed by atoms with E-state index >= 15 is 0 Å². The molecule has 0 bridgehead atoms. The molecule has 2 fully saturated rings. The Bertz CT molecular complexity index is 1820. The van der Waals surface area contributed by atoms with Gasteiger partial charge in [0.25, 0.3) is 0 Å². The van der Waals surface area contributed by atoms with Crippen LogP contribution in [0, 0.1) is 0 Å². The van der Waals surface area contributed by atoms with Crippen molar-refractivity contribution in [2.75, 3.05) is 24.7 Å². The smallest absolute Gasteiger partial charge is 0.394 e. The summed E-state index contributed by atoms with van der Waals surface area (Å²) in [5, 5.41) is 57.5. The van der Waals surface area contributed by atoms with Crippen LogP contribution in [0.2, 0.25) is 0 Å². The van der Waals surface area contributed by atoms with Gasteiger partial charge in [-0.2, -0.15) is 8.62 Å². The highest BCUT2D eigenvalue weighted by Gasteiger charge is 2.45. The third-order valence-corrected chi connectivity index (χ3v) is 10.1. The third kappa shape index (κ3) is 9.62. The highest BCUT2D eigenvalue weighted by molar-refractivity contribution is 7.66. The molecule has 28 nitrogen and oxygen atoms in total. The number of ether oxygens (including phenoxy) is 2. The minimum absolute atomic E-state index is 0.218. The Morgan fingerprint density at radius 1 is 0.627 bits per heavy atom. The lowest BCUT2D eigenvalue weighted by Crippen LogP contribution is -2.33. The van der Waals surface area contributed by atoms with Gasteiger partial charge in [-0.3, -0.25) is 9.13 Å². The molecule has 8 atom stereocenters. The number of nitrogen functional groups attached to an aromatic ring is 2. The molecule has 6 rings (SSSR count). The second kappa shape index (κ2) is 15.8. The second-order valence-corrected chi connectivity index (χ2v) is 14.4. The van der Waals surface area contributed by atoms with E-state index in [4.69, 9.17) is 55.6 Å². The van der Waals surface area contributed by atoms with E-state index in [2.05, 4.69) is 38.5 Å². The van der Waals surface area contributed by atoms with Crippen LogP contribution in [0.25, 0.3) is 22.3 Å². The molecule has 0 aromatic carbocycles. The van der Waals surface area contributed by atoms with Gasteiger partial charge in [0.15, 0.2) is 35.4 Å². The van der Waals surface area contributed by atoms with Crippen molar-refractivity contribution in [3.63, 3.8) is 0 Å². The first-order valence-corrected chi connectivity index (χ1v) is 18.2. The summed E-state index contributed by atoms with van der Waals surface area (Å²) >= 11 is 0. The van der Waals surface area contributed by atoms with Crippen molar-refractivity contribution in [2.45, 2.75) is 49.1 Å². The van der Waals surface area contributed by atoms with Crippen molar-refractivity contribution in [1.82, 2.24) is 39.0 Å². The predicted octanol–water partition coefficient (Wildman–Crippen LogP) is -4.65. The summed E-state index contributed by atoms with van der Waals surface area (Å²) in [6, 6.07) is 0. The first-order valence-electron chi connectivity index (χ1n) is 13.7. The number of nitrogens with two attached hydrogens (primary N) is 2. The molecule has 0 radical (unpaired) electrons. The molecular weight excluding hydrogens is 761 g/mol. The lowest BCUT2D eigenvalue weighted by molar-refractivity contribution is -0.0511. The van der Waals surface area contributed by atoms with E-state index in [-0.39, 0.29) is 11.6 Å². The highest BCUT2D eigenvalue weighted by atomic mass is 31.3. The first kappa shape index (κ1) is 40.6. The number of aromatic nitrogens is 8. The van der Waals surface area contributed by atoms with Gasteiger partial charge >= 0.3 is 23.5 Å². The Morgan fingerprint density at radius 3 is 1.27 bits per heavy atom. The Balaban J connectivity index is 0.000000176. The van der Waals surface area contributed by atoms with Crippen LogP contribution in [0.3, 0.4) is 0 Å². The third-order valence-electron chi connectivity index (χ3n) is 6.78. The molecule has 0 spiro atoms. The topological polar surface area (TPSA) is 450 Å². The minimum Gasteiger partial charge on any atom is -0.394 e. The monoisotopic (exact) mass is 792 g/mol. The SMILES string of the molecule is Nc1ncnc2c1ncn2C1OC(CO)C(O)C1O.Nc1ncnc2c1ncn2C1OC(CO)C(O)C1O.O=P(O)(O)OP(=O)(O)OP(=O)(O)O. The van der Waals surface area contributed by atoms with Crippen molar-refractivity contribution in [2.24, 2.45) is 0 Å². The number of hydrogen-bond donors (Lipinski definition) is 13. The van der Waals surface area contributed by atoms with Crippen LogP contribution in [0.15, 0.2) is 25.3 Å². The number of imidazole rings is 2. The molecule has 4 aromatic heterocycles. The average molecular weight is 792 g/mol. The van der Waals surface area contributed by atoms with E-state index in [0.717, 1.165) is 0 Å². The van der Waals surface area contributed by atoms with Crippen LogP contribution in [0.4, 0.5) is 11.6 Å². The summed E-state index contributed by atoms with van der Waals surface area (Å²) in [4.78, 5) is 64.0. The maximum absolute atomic E-state index is 10.4. The van der Waals surface area contributed by atoms with E-state index in [1.165, 1.54) is 34.4 Å². The molecule has 31 heteroatoms. The zero-order valence-electron chi connectivity index (χ0n) is 25.2. The van der Waals surface area contributed by atoms with Crippen molar-refractivity contribution >= 4 is 57.4 Å². The number of nitrogens with zero attached hydrogens (tertiary/aromatic N) is 8. The number of phosphoric acid groups is 3. The van der Waals surface area contributed by atoms with Gasteiger partial charge in [-0.15, -0.1) is 0 Å². The second-order valence-electron chi connectivity index (χ2n) is 10.2. The van der Waals surface area contributed by atoms with Crippen LogP contribution in [-0.4, -0.2) is 144 Å². The number of rotatable bonds is 8. The van der Waals surface area contributed by atoms with Gasteiger partial charge in [0, 0.05) is 0 Å². The van der Waals surface area contributed by atoms with E-state index in [9.17, 15) is 34.1 Å². The number of aliphatic hydroxyl groups excluding tert-OH is 6. The van der Waals surface area contributed by atoms with Gasteiger partial charge in [0.1, 0.15) is 60.3 Å². The zero-order valence-corrected chi connectivity index (χ0v) is 27.9. The number of fused-ring (bicyclic) bond motifs is 2. The number of hydrogen-bond acceptors (Lipinski definition) is 21. The Kier molecular flexibility index (Phi) is 12.6. The summed E-state index contributed by atoms with van der Waals surface area (Å²) in [5.41, 5.74) is 12.9. The van der Waals surface area contributed by atoms with E-state index in [0.29, 0.717) is 22.3 Å². The lowest BCUT2D eigenvalue weighted by Gasteiger charge is -2.16. The Labute approximate surface area is 282 Å². The molecule has 0 amide bonds. The first-order chi connectivity index (χ1) is 23.7. The molecular formula is C20H31N10O18P3. The van der Waals surface area contributed by atoms with Gasteiger partial charge in [0.2, 0.25) is 0 Å². The fraction of sp³-hybridized carbons (Fsp3) is 0.500. The van der Waals surface area contributed by atoms with Crippen molar-refractivity contribution in [3.8, 4) is 0 Å².